The van der Waals surface area contributed by atoms with Gasteiger partial charge in [-0.1, -0.05) is 66.2 Å². The zero-order chi connectivity index (χ0) is 28.6. The van der Waals surface area contributed by atoms with Gasteiger partial charge in [-0.25, -0.2) is 0 Å². The Morgan fingerprint density at radius 2 is 1.64 bits per heavy atom. The van der Waals surface area contributed by atoms with Crippen LogP contribution >= 0.6 is 11.6 Å². The van der Waals surface area contributed by atoms with Crippen molar-refractivity contribution in [2.45, 2.75) is 37.7 Å². The molecule has 0 heterocycles. The molecule has 210 valence electrons. The SMILES string of the molecule is O=C(O)Cc1cccc(OCCCN(Cc2cccc(C(F)(F)F)c2Cl)CC(c2ccccc2)C(F)(F)F)c1. The summed E-state index contributed by atoms with van der Waals surface area (Å²) in [6, 6.07) is 17.1. The van der Waals surface area contributed by atoms with Crippen LogP contribution in [0.15, 0.2) is 72.8 Å². The fourth-order valence-corrected chi connectivity index (χ4v) is 4.43. The van der Waals surface area contributed by atoms with Crippen LogP contribution in [0.2, 0.25) is 5.02 Å². The molecule has 4 nitrogen and oxygen atoms in total. The van der Waals surface area contributed by atoms with E-state index in [1.807, 2.05) is 0 Å². The number of aliphatic carboxylic acids is 1. The quantitative estimate of drug-likeness (QED) is 0.179. The largest absolute Gasteiger partial charge is 0.494 e. The van der Waals surface area contributed by atoms with E-state index >= 15 is 0 Å². The third-order valence-corrected chi connectivity index (χ3v) is 6.40. The van der Waals surface area contributed by atoms with Gasteiger partial charge in [-0.05, 0) is 41.3 Å². The number of nitrogens with zero attached hydrogens (tertiary/aromatic N) is 1. The van der Waals surface area contributed by atoms with E-state index in [9.17, 15) is 31.1 Å². The second-order valence-electron chi connectivity index (χ2n) is 8.94. The van der Waals surface area contributed by atoms with E-state index in [1.54, 1.807) is 30.3 Å². The molecule has 3 aromatic rings. The maximum absolute atomic E-state index is 14.1. The molecule has 0 fully saturated rings. The Bertz CT molecular complexity index is 1230. The Labute approximate surface area is 226 Å². The van der Waals surface area contributed by atoms with Crippen LogP contribution in [-0.2, 0) is 23.9 Å². The monoisotopic (exact) mass is 573 g/mol. The summed E-state index contributed by atoms with van der Waals surface area (Å²) in [5.41, 5.74) is -0.433. The van der Waals surface area contributed by atoms with Crippen molar-refractivity contribution in [2.75, 3.05) is 19.7 Å². The van der Waals surface area contributed by atoms with Gasteiger partial charge in [-0.3, -0.25) is 9.69 Å². The lowest BCUT2D eigenvalue weighted by Crippen LogP contribution is -2.36. The fourth-order valence-electron chi connectivity index (χ4n) is 4.14. The van der Waals surface area contributed by atoms with Crippen LogP contribution in [0.5, 0.6) is 5.75 Å². The van der Waals surface area contributed by atoms with Crippen LogP contribution in [0.3, 0.4) is 0 Å². The molecule has 1 atom stereocenters. The minimum absolute atomic E-state index is 0.0386. The third kappa shape index (κ3) is 9.18. The fraction of sp³-hybridized carbons (Fsp3) is 0.321. The van der Waals surface area contributed by atoms with Gasteiger partial charge >= 0.3 is 18.3 Å². The first-order chi connectivity index (χ1) is 18.3. The van der Waals surface area contributed by atoms with E-state index in [1.165, 1.54) is 41.3 Å². The second-order valence-corrected chi connectivity index (χ2v) is 9.31. The van der Waals surface area contributed by atoms with Crippen LogP contribution in [0.4, 0.5) is 26.3 Å². The standard InChI is InChI=1S/C28H26ClF6NO3/c29-26-21(10-5-12-23(26)27(30,31)32)17-36(18-24(28(33,34)35)20-8-2-1-3-9-20)13-6-14-39-22-11-4-7-19(15-22)16-25(37)38/h1-5,7-12,15,24H,6,13-14,16-18H2,(H,37,38). The summed E-state index contributed by atoms with van der Waals surface area (Å²) in [6.45, 7) is -0.587. The van der Waals surface area contributed by atoms with Crippen molar-refractivity contribution in [3.63, 3.8) is 0 Å². The molecule has 11 heteroatoms. The minimum Gasteiger partial charge on any atom is -0.494 e. The van der Waals surface area contributed by atoms with Crippen molar-refractivity contribution in [3.8, 4) is 5.75 Å². The molecule has 0 bridgehead atoms. The molecule has 3 rings (SSSR count). The normalized spacial score (nSPS) is 12.9. The first-order valence-corrected chi connectivity index (χ1v) is 12.3. The lowest BCUT2D eigenvalue weighted by molar-refractivity contribution is -0.155. The van der Waals surface area contributed by atoms with Crippen molar-refractivity contribution in [3.05, 3.63) is 100 Å². The molecule has 39 heavy (non-hydrogen) atoms. The Morgan fingerprint density at radius 3 is 2.28 bits per heavy atom. The van der Waals surface area contributed by atoms with Crippen LogP contribution in [0.25, 0.3) is 0 Å². The number of benzene rings is 3. The molecule has 0 aliphatic heterocycles. The molecular formula is C28H26ClF6NO3. The third-order valence-electron chi connectivity index (χ3n) is 5.96. The van der Waals surface area contributed by atoms with E-state index in [0.717, 1.165) is 6.07 Å². The van der Waals surface area contributed by atoms with Crippen molar-refractivity contribution in [1.29, 1.82) is 0 Å². The lowest BCUT2D eigenvalue weighted by atomic mass is 9.97. The summed E-state index contributed by atoms with van der Waals surface area (Å²) in [5, 5.41) is 8.40. The number of carbonyl (C=O) groups is 1. The van der Waals surface area contributed by atoms with Gasteiger partial charge in [0, 0.05) is 19.6 Å². The van der Waals surface area contributed by atoms with E-state index in [2.05, 4.69) is 0 Å². The Morgan fingerprint density at radius 1 is 0.949 bits per heavy atom. The number of rotatable bonds is 12. The number of carboxylic acid groups (broad SMARTS) is 1. The number of halogens is 7. The van der Waals surface area contributed by atoms with Gasteiger partial charge in [0.1, 0.15) is 5.75 Å². The molecule has 0 aromatic heterocycles. The molecule has 0 aliphatic carbocycles. The molecule has 1 unspecified atom stereocenters. The molecule has 0 aliphatic rings. The summed E-state index contributed by atoms with van der Waals surface area (Å²) in [6.07, 6.45) is -9.25. The smallest absolute Gasteiger partial charge is 0.417 e. The minimum atomic E-state index is -4.71. The van der Waals surface area contributed by atoms with E-state index in [0.29, 0.717) is 11.3 Å². The number of ether oxygens (including phenoxy) is 1. The highest BCUT2D eigenvalue weighted by Crippen LogP contribution is 2.38. The van der Waals surface area contributed by atoms with Crippen LogP contribution in [0.1, 0.15) is 34.6 Å². The number of hydrogen-bond donors (Lipinski definition) is 1. The maximum atomic E-state index is 14.1. The predicted octanol–water partition coefficient (Wildman–Crippen LogP) is 7.60. The Hall–Kier alpha value is -3.24. The van der Waals surface area contributed by atoms with Gasteiger partial charge in [-0.2, -0.15) is 26.3 Å². The molecule has 1 N–H and O–H groups in total. The van der Waals surface area contributed by atoms with Gasteiger partial charge in [0.25, 0.3) is 0 Å². The Kier molecular flexibility index (Phi) is 10.3. The first-order valence-electron chi connectivity index (χ1n) is 12.0. The maximum Gasteiger partial charge on any atom is 0.417 e. The number of alkyl halides is 6. The highest BCUT2D eigenvalue weighted by Gasteiger charge is 2.41. The summed E-state index contributed by atoms with van der Waals surface area (Å²) >= 11 is 6.04. The average molecular weight is 574 g/mol. The second kappa shape index (κ2) is 13.2. The topological polar surface area (TPSA) is 49.8 Å². The Balaban J connectivity index is 1.78. The van der Waals surface area contributed by atoms with Crippen LogP contribution in [-0.4, -0.2) is 41.8 Å². The van der Waals surface area contributed by atoms with Gasteiger partial charge in [0.15, 0.2) is 0 Å². The van der Waals surface area contributed by atoms with Crippen molar-refractivity contribution in [2.24, 2.45) is 0 Å². The highest BCUT2D eigenvalue weighted by molar-refractivity contribution is 6.32. The van der Waals surface area contributed by atoms with Crippen molar-refractivity contribution in [1.82, 2.24) is 4.90 Å². The summed E-state index contributed by atoms with van der Waals surface area (Å²) in [5.74, 6) is -2.48. The van der Waals surface area contributed by atoms with Gasteiger partial charge in [0.2, 0.25) is 0 Å². The van der Waals surface area contributed by atoms with Gasteiger partial charge in [0.05, 0.1) is 29.5 Å². The molecule has 0 amide bonds. The molecule has 3 aromatic carbocycles. The van der Waals surface area contributed by atoms with Crippen molar-refractivity contribution < 1.29 is 41.0 Å². The van der Waals surface area contributed by atoms with Crippen LogP contribution in [0, 0.1) is 0 Å². The molecule has 0 saturated carbocycles. The summed E-state index contributed by atoms with van der Waals surface area (Å²) in [7, 11) is 0. The van der Waals surface area contributed by atoms with E-state index < -0.39 is 41.4 Å². The van der Waals surface area contributed by atoms with Gasteiger partial charge in [-0.15, -0.1) is 0 Å². The van der Waals surface area contributed by atoms with Crippen LogP contribution < -0.4 is 4.74 Å². The first kappa shape index (κ1) is 30.3. The van der Waals surface area contributed by atoms with E-state index in [-0.39, 0.29) is 43.7 Å². The zero-order valence-electron chi connectivity index (χ0n) is 20.6. The molecular weight excluding hydrogens is 548 g/mol. The van der Waals surface area contributed by atoms with E-state index in [4.69, 9.17) is 21.4 Å². The molecule has 0 spiro atoms. The summed E-state index contributed by atoms with van der Waals surface area (Å²) < 4.78 is 88.0. The lowest BCUT2D eigenvalue weighted by Gasteiger charge is -2.30. The average Bonchev–Trinajstić information content (AvgIpc) is 2.85. The molecule has 0 saturated heterocycles. The highest BCUT2D eigenvalue weighted by atomic mass is 35.5. The predicted molar refractivity (Wildman–Crippen MR) is 135 cm³/mol. The van der Waals surface area contributed by atoms with Gasteiger partial charge < -0.3 is 9.84 Å². The number of hydrogen-bond acceptors (Lipinski definition) is 3. The van der Waals surface area contributed by atoms with Crippen molar-refractivity contribution >= 4 is 17.6 Å². The zero-order valence-corrected chi connectivity index (χ0v) is 21.4. The number of carboxylic acids is 1. The summed E-state index contributed by atoms with van der Waals surface area (Å²) in [4.78, 5) is 12.3. The molecule has 0 radical (unpaired) electrons.